The first-order chi connectivity index (χ1) is 11.7. The Labute approximate surface area is 138 Å². The number of hydrogen-bond donors (Lipinski definition) is 2. The molecule has 2 heterocycles. The molecule has 0 unspecified atom stereocenters. The fourth-order valence-corrected chi connectivity index (χ4v) is 2.70. The monoisotopic (exact) mass is 323 g/mol. The van der Waals surface area contributed by atoms with Gasteiger partial charge in [0.15, 0.2) is 11.5 Å². The first-order valence-electron chi connectivity index (χ1n) is 7.84. The van der Waals surface area contributed by atoms with Gasteiger partial charge in [0.25, 0.3) is 5.91 Å². The van der Waals surface area contributed by atoms with Gasteiger partial charge in [-0.15, -0.1) is 0 Å². The number of amides is 1. The van der Waals surface area contributed by atoms with E-state index in [1.165, 1.54) is 0 Å². The highest BCUT2D eigenvalue weighted by molar-refractivity contribution is 5.82. The summed E-state index contributed by atoms with van der Waals surface area (Å²) < 4.78 is 11.3. The summed E-state index contributed by atoms with van der Waals surface area (Å²) >= 11 is 0. The van der Waals surface area contributed by atoms with Crippen LogP contribution in [0.5, 0.6) is 11.5 Å². The Bertz CT molecular complexity index is 857. The lowest BCUT2D eigenvalue weighted by Gasteiger charge is -2.26. The first kappa shape index (κ1) is 14.6. The van der Waals surface area contributed by atoms with Crippen molar-refractivity contribution in [3.63, 3.8) is 0 Å². The van der Waals surface area contributed by atoms with Crippen molar-refractivity contribution >= 4 is 16.9 Å². The van der Waals surface area contributed by atoms with Crippen molar-refractivity contribution in [2.24, 2.45) is 0 Å². The SMILES string of the molecule is C[C@H](NC(=O)[C@@H]1COc2ccccc2O1)c1nc2ccccc2[nH]1. The van der Waals surface area contributed by atoms with Crippen LogP contribution < -0.4 is 14.8 Å². The maximum absolute atomic E-state index is 12.4. The van der Waals surface area contributed by atoms with Gasteiger partial charge in [-0.1, -0.05) is 24.3 Å². The van der Waals surface area contributed by atoms with Crippen LogP contribution in [0.3, 0.4) is 0 Å². The number of ether oxygens (including phenoxy) is 2. The molecule has 0 saturated heterocycles. The molecule has 2 aromatic carbocycles. The van der Waals surface area contributed by atoms with Crippen LogP contribution in [-0.2, 0) is 4.79 Å². The second kappa shape index (κ2) is 5.88. The minimum Gasteiger partial charge on any atom is -0.485 e. The van der Waals surface area contributed by atoms with Crippen molar-refractivity contribution in [1.29, 1.82) is 0 Å². The molecule has 24 heavy (non-hydrogen) atoms. The highest BCUT2D eigenvalue weighted by Crippen LogP contribution is 2.31. The summed E-state index contributed by atoms with van der Waals surface area (Å²) in [5.41, 5.74) is 1.82. The molecule has 0 saturated carbocycles. The van der Waals surface area contributed by atoms with E-state index in [9.17, 15) is 4.79 Å². The van der Waals surface area contributed by atoms with E-state index in [1.807, 2.05) is 49.4 Å². The number of carbonyl (C=O) groups is 1. The number of nitrogens with zero attached hydrogens (tertiary/aromatic N) is 1. The minimum atomic E-state index is -0.674. The van der Waals surface area contributed by atoms with Crippen LogP contribution in [0.2, 0.25) is 0 Å². The molecular weight excluding hydrogens is 306 g/mol. The van der Waals surface area contributed by atoms with Gasteiger partial charge in [-0.3, -0.25) is 4.79 Å². The van der Waals surface area contributed by atoms with E-state index in [-0.39, 0.29) is 18.6 Å². The molecule has 1 aliphatic rings. The van der Waals surface area contributed by atoms with E-state index in [0.29, 0.717) is 17.3 Å². The lowest BCUT2D eigenvalue weighted by atomic mass is 10.2. The number of H-pyrrole nitrogens is 1. The van der Waals surface area contributed by atoms with Crippen LogP contribution in [0.4, 0.5) is 0 Å². The highest BCUT2D eigenvalue weighted by atomic mass is 16.6. The number of fused-ring (bicyclic) bond motifs is 2. The van der Waals surface area contributed by atoms with Crippen LogP contribution in [-0.4, -0.2) is 28.6 Å². The van der Waals surface area contributed by atoms with Gasteiger partial charge in [0, 0.05) is 0 Å². The molecule has 2 N–H and O–H groups in total. The molecule has 6 heteroatoms. The van der Waals surface area contributed by atoms with Crippen molar-refractivity contribution in [2.75, 3.05) is 6.61 Å². The van der Waals surface area contributed by atoms with Crippen LogP contribution in [0.25, 0.3) is 11.0 Å². The summed E-state index contributed by atoms with van der Waals surface area (Å²) in [4.78, 5) is 20.2. The summed E-state index contributed by atoms with van der Waals surface area (Å²) in [5, 5.41) is 2.92. The third-order valence-corrected chi connectivity index (χ3v) is 3.98. The molecule has 0 aliphatic carbocycles. The Morgan fingerprint density at radius 2 is 1.96 bits per heavy atom. The molecule has 0 spiro atoms. The Kier molecular flexibility index (Phi) is 3.57. The zero-order valence-corrected chi connectivity index (χ0v) is 13.2. The number of carbonyl (C=O) groups excluding carboxylic acids is 1. The number of benzene rings is 2. The number of aromatic nitrogens is 2. The molecule has 1 amide bonds. The maximum Gasteiger partial charge on any atom is 0.265 e. The zero-order valence-electron chi connectivity index (χ0n) is 13.2. The number of nitrogens with one attached hydrogen (secondary N) is 2. The van der Waals surface area contributed by atoms with Crippen molar-refractivity contribution < 1.29 is 14.3 Å². The Morgan fingerprint density at radius 1 is 1.21 bits per heavy atom. The molecule has 2 atom stereocenters. The van der Waals surface area contributed by atoms with Crippen LogP contribution >= 0.6 is 0 Å². The van der Waals surface area contributed by atoms with Crippen molar-refractivity contribution in [3.8, 4) is 11.5 Å². The van der Waals surface area contributed by atoms with E-state index < -0.39 is 6.10 Å². The average Bonchev–Trinajstić information content (AvgIpc) is 3.05. The van der Waals surface area contributed by atoms with E-state index >= 15 is 0 Å². The lowest BCUT2D eigenvalue weighted by Crippen LogP contribution is -2.44. The van der Waals surface area contributed by atoms with E-state index in [2.05, 4.69) is 15.3 Å². The molecule has 1 aromatic heterocycles. The fraction of sp³-hybridized carbons (Fsp3) is 0.222. The van der Waals surface area contributed by atoms with Crippen molar-refractivity contribution in [3.05, 3.63) is 54.4 Å². The third-order valence-electron chi connectivity index (χ3n) is 3.98. The predicted molar refractivity (Wildman–Crippen MR) is 89.0 cm³/mol. The molecule has 6 nitrogen and oxygen atoms in total. The van der Waals surface area contributed by atoms with Crippen molar-refractivity contribution in [1.82, 2.24) is 15.3 Å². The minimum absolute atomic E-state index is 0.190. The normalized spacial score (nSPS) is 17.5. The van der Waals surface area contributed by atoms with Crippen LogP contribution in [0, 0.1) is 0 Å². The molecule has 122 valence electrons. The van der Waals surface area contributed by atoms with Gasteiger partial charge >= 0.3 is 0 Å². The summed E-state index contributed by atoms with van der Waals surface area (Å²) in [5.74, 6) is 1.73. The number of rotatable bonds is 3. The van der Waals surface area contributed by atoms with Gasteiger partial charge in [-0.25, -0.2) is 4.98 Å². The van der Waals surface area contributed by atoms with Crippen LogP contribution in [0.15, 0.2) is 48.5 Å². The first-order valence-corrected chi connectivity index (χ1v) is 7.84. The summed E-state index contributed by atoms with van der Waals surface area (Å²) in [6, 6.07) is 14.8. The topological polar surface area (TPSA) is 76.2 Å². The Morgan fingerprint density at radius 3 is 2.79 bits per heavy atom. The molecule has 4 rings (SSSR count). The summed E-state index contributed by atoms with van der Waals surface area (Å²) in [6.45, 7) is 2.07. The van der Waals surface area contributed by atoms with E-state index in [0.717, 1.165) is 11.0 Å². The smallest absolute Gasteiger partial charge is 0.265 e. The van der Waals surface area contributed by atoms with Gasteiger partial charge < -0.3 is 19.8 Å². The largest absolute Gasteiger partial charge is 0.485 e. The summed E-state index contributed by atoms with van der Waals surface area (Å²) in [7, 11) is 0. The number of para-hydroxylation sites is 4. The van der Waals surface area contributed by atoms with E-state index in [4.69, 9.17) is 9.47 Å². The standard InChI is InChI=1S/C18H17N3O3/c1-11(17-20-12-6-2-3-7-13(12)21-17)19-18(22)16-10-23-14-8-4-5-9-15(14)24-16/h2-9,11,16H,10H2,1H3,(H,19,22)(H,20,21)/t11-,16-/m0/s1. The Hall–Kier alpha value is -3.02. The summed E-state index contributed by atoms with van der Waals surface area (Å²) in [6.07, 6.45) is -0.674. The van der Waals surface area contributed by atoms with Gasteiger partial charge in [0.05, 0.1) is 17.1 Å². The third kappa shape index (κ3) is 2.67. The van der Waals surface area contributed by atoms with Gasteiger partial charge in [-0.2, -0.15) is 0 Å². The number of imidazole rings is 1. The zero-order chi connectivity index (χ0) is 16.5. The number of aromatic amines is 1. The lowest BCUT2D eigenvalue weighted by molar-refractivity contribution is -0.131. The second-order valence-electron chi connectivity index (χ2n) is 5.73. The predicted octanol–water partition coefficient (Wildman–Crippen LogP) is 2.58. The van der Waals surface area contributed by atoms with Gasteiger partial charge in [0.1, 0.15) is 12.4 Å². The molecule has 1 aliphatic heterocycles. The quantitative estimate of drug-likeness (QED) is 0.777. The molecule has 3 aromatic rings. The maximum atomic E-state index is 12.4. The van der Waals surface area contributed by atoms with Crippen LogP contribution in [0.1, 0.15) is 18.8 Å². The average molecular weight is 323 g/mol. The Balaban J connectivity index is 1.46. The number of hydrogen-bond acceptors (Lipinski definition) is 4. The van der Waals surface area contributed by atoms with Crippen molar-refractivity contribution in [2.45, 2.75) is 19.1 Å². The van der Waals surface area contributed by atoms with Gasteiger partial charge in [0.2, 0.25) is 6.10 Å². The molecular formula is C18H17N3O3. The molecule has 0 fully saturated rings. The fourth-order valence-electron chi connectivity index (χ4n) is 2.70. The van der Waals surface area contributed by atoms with Gasteiger partial charge in [-0.05, 0) is 31.2 Å². The second-order valence-corrected chi connectivity index (χ2v) is 5.73. The van der Waals surface area contributed by atoms with E-state index in [1.54, 1.807) is 6.07 Å². The molecule has 0 radical (unpaired) electrons. The highest BCUT2D eigenvalue weighted by Gasteiger charge is 2.28. The molecule has 0 bridgehead atoms.